The molecule has 0 aliphatic rings. The lowest BCUT2D eigenvalue weighted by Crippen LogP contribution is -2.10. The number of benzene rings is 1. The van der Waals surface area contributed by atoms with E-state index in [2.05, 4.69) is 10.1 Å². The fraction of sp³-hybridized carbons (Fsp3) is 0.222. The Labute approximate surface area is 76.1 Å². The van der Waals surface area contributed by atoms with Crippen molar-refractivity contribution in [2.24, 2.45) is 0 Å². The molecular formula is C9H11NO3. The Morgan fingerprint density at radius 1 is 1.62 bits per heavy atom. The predicted molar refractivity (Wildman–Crippen MR) is 48.4 cm³/mol. The van der Waals surface area contributed by atoms with Crippen LogP contribution in [0, 0.1) is 0 Å². The molecule has 70 valence electrons. The predicted octanol–water partition coefficient (Wildman–Crippen LogP) is 1.36. The molecule has 4 nitrogen and oxygen atoms in total. The van der Waals surface area contributed by atoms with Crippen LogP contribution in [0.4, 0.5) is 10.5 Å². The van der Waals surface area contributed by atoms with Gasteiger partial charge in [0.05, 0.1) is 13.7 Å². The van der Waals surface area contributed by atoms with E-state index in [0.717, 1.165) is 5.56 Å². The van der Waals surface area contributed by atoms with Crippen molar-refractivity contribution in [2.45, 2.75) is 6.61 Å². The van der Waals surface area contributed by atoms with E-state index in [0.29, 0.717) is 5.69 Å². The van der Waals surface area contributed by atoms with Crippen molar-refractivity contribution in [1.29, 1.82) is 0 Å². The minimum Gasteiger partial charge on any atom is -0.453 e. The number of nitrogens with one attached hydrogen (secondary N) is 1. The fourth-order valence-corrected chi connectivity index (χ4v) is 0.916. The van der Waals surface area contributed by atoms with Crippen LogP contribution < -0.4 is 5.32 Å². The molecule has 0 radical (unpaired) electrons. The normalized spacial score (nSPS) is 9.38. The van der Waals surface area contributed by atoms with E-state index < -0.39 is 6.09 Å². The number of aliphatic hydroxyl groups is 1. The van der Waals surface area contributed by atoms with Crippen LogP contribution in [-0.2, 0) is 11.3 Å². The van der Waals surface area contributed by atoms with Gasteiger partial charge in [0, 0.05) is 5.69 Å². The Hall–Kier alpha value is -1.55. The minimum absolute atomic E-state index is 0.0449. The Bertz CT molecular complexity index is 299. The molecule has 1 aromatic carbocycles. The second kappa shape index (κ2) is 4.47. The molecule has 1 aromatic rings. The van der Waals surface area contributed by atoms with Crippen LogP contribution in [0.25, 0.3) is 0 Å². The maximum absolute atomic E-state index is 10.8. The molecule has 13 heavy (non-hydrogen) atoms. The first-order valence-corrected chi connectivity index (χ1v) is 3.81. The standard InChI is InChI=1S/C9H11NO3/c1-13-9(12)10-8-4-2-3-7(5-8)6-11/h2-5,11H,6H2,1H3,(H,10,12). The van der Waals surface area contributed by atoms with Crippen LogP contribution >= 0.6 is 0 Å². The highest BCUT2D eigenvalue weighted by Crippen LogP contribution is 2.10. The van der Waals surface area contributed by atoms with Gasteiger partial charge in [-0.1, -0.05) is 12.1 Å². The molecule has 1 amide bonds. The number of ether oxygens (including phenoxy) is 1. The van der Waals surface area contributed by atoms with Crippen molar-refractivity contribution in [2.75, 3.05) is 12.4 Å². The monoisotopic (exact) mass is 181 g/mol. The van der Waals surface area contributed by atoms with Crippen LogP contribution in [0.3, 0.4) is 0 Å². The lowest BCUT2D eigenvalue weighted by molar-refractivity contribution is 0.187. The first-order valence-electron chi connectivity index (χ1n) is 3.81. The Morgan fingerprint density at radius 3 is 3.00 bits per heavy atom. The summed E-state index contributed by atoms with van der Waals surface area (Å²) in [5.74, 6) is 0. The van der Waals surface area contributed by atoms with Crippen LogP contribution in [-0.4, -0.2) is 18.3 Å². The summed E-state index contributed by atoms with van der Waals surface area (Å²) in [6, 6.07) is 6.91. The number of hydrogen-bond donors (Lipinski definition) is 2. The van der Waals surface area contributed by atoms with Crippen LogP contribution in [0.15, 0.2) is 24.3 Å². The molecule has 0 saturated carbocycles. The van der Waals surface area contributed by atoms with Crippen molar-refractivity contribution >= 4 is 11.8 Å². The summed E-state index contributed by atoms with van der Waals surface area (Å²) in [5.41, 5.74) is 1.35. The molecule has 4 heteroatoms. The molecule has 0 aromatic heterocycles. The summed E-state index contributed by atoms with van der Waals surface area (Å²) in [6.45, 7) is -0.0449. The minimum atomic E-state index is -0.518. The zero-order chi connectivity index (χ0) is 9.68. The number of hydrogen-bond acceptors (Lipinski definition) is 3. The topological polar surface area (TPSA) is 58.6 Å². The number of amides is 1. The number of aliphatic hydroxyl groups excluding tert-OH is 1. The second-order valence-electron chi connectivity index (χ2n) is 2.48. The molecule has 0 unspecified atom stereocenters. The highest BCUT2D eigenvalue weighted by molar-refractivity contribution is 5.84. The van der Waals surface area contributed by atoms with Gasteiger partial charge in [-0.05, 0) is 17.7 Å². The molecule has 2 N–H and O–H groups in total. The maximum Gasteiger partial charge on any atom is 0.411 e. The molecule has 0 aliphatic heterocycles. The van der Waals surface area contributed by atoms with E-state index in [9.17, 15) is 4.79 Å². The quantitative estimate of drug-likeness (QED) is 0.724. The zero-order valence-electron chi connectivity index (χ0n) is 7.28. The summed E-state index contributed by atoms with van der Waals surface area (Å²) in [4.78, 5) is 10.8. The summed E-state index contributed by atoms with van der Waals surface area (Å²) < 4.78 is 4.42. The summed E-state index contributed by atoms with van der Waals surface area (Å²) in [5, 5.41) is 11.3. The molecule has 0 fully saturated rings. The van der Waals surface area contributed by atoms with Gasteiger partial charge in [-0.25, -0.2) is 4.79 Å². The number of rotatable bonds is 2. The van der Waals surface area contributed by atoms with Crippen molar-refractivity contribution in [3.8, 4) is 0 Å². The molecular weight excluding hydrogens is 170 g/mol. The van der Waals surface area contributed by atoms with Gasteiger partial charge in [-0.15, -0.1) is 0 Å². The third-order valence-electron chi connectivity index (χ3n) is 1.54. The number of anilines is 1. The molecule has 1 rings (SSSR count). The Kier molecular flexibility index (Phi) is 3.28. The van der Waals surface area contributed by atoms with Crippen molar-refractivity contribution < 1.29 is 14.6 Å². The first-order chi connectivity index (χ1) is 6.26. The van der Waals surface area contributed by atoms with E-state index in [1.54, 1.807) is 24.3 Å². The first kappa shape index (κ1) is 9.54. The van der Waals surface area contributed by atoms with Gasteiger partial charge in [-0.2, -0.15) is 0 Å². The summed E-state index contributed by atoms with van der Waals surface area (Å²) in [7, 11) is 1.30. The van der Waals surface area contributed by atoms with Crippen LogP contribution in [0.5, 0.6) is 0 Å². The van der Waals surface area contributed by atoms with E-state index in [-0.39, 0.29) is 6.61 Å². The van der Waals surface area contributed by atoms with Crippen molar-refractivity contribution in [1.82, 2.24) is 0 Å². The van der Waals surface area contributed by atoms with Crippen molar-refractivity contribution in [3.05, 3.63) is 29.8 Å². The molecule has 0 saturated heterocycles. The van der Waals surface area contributed by atoms with Crippen LogP contribution in [0.2, 0.25) is 0 Å². The molecule has 0 spiro atoms. The zero-order valence-corrected chi connectivity index (χ0v) is 7.28. The van der Waals surface area contributed by atoms with E-state index in [4.69, 9.17) is 5.11 Å². The highest BCUT2D eigenvalue weighted by atomic mass is 16.5. The van der Waals surface area contributed by atoms with Gasteiger partial charge < -0.3 is 9.84 Å². The fourth-order valence-electron chi connectivity index (χ4n) is 0.916. The smallest absolute Gasteiger partial charge is 0.411 e. The summed E-state index contributed by atoms with van der Waals surface area (Å²) in [6.07, 6.45) is -0.518. The number of methoxy groups -OCH3 is 1. The lowest BCUT2D eigenvalue weighted by atomic mass is 10.2. The molecule has 0 heterocycles. The van der Waals surface area contributed by atoms with E-state index in [1.807, 2.05) is 0 Å². The molecule has 0 aliphatic carbocycles. The second-order valence-corrected chi connectivity index (χ2v) is 2.48. The average Bonchev–Trinajstić information content (AvgIpc) is 2.18. The van der Waals surface area contributed by atoms with Gasteiger partial charge in [-0.3, -0.25) is 5.32 Å². The van der Waals surface area contributed by atoms with Crippen molar-refractivity contribution in [3.63, 3.8) is 0 Å². The van der Waals surface area contributed by atoms with Gasteiger partial charge in [0.15, 0.2) is 0 Å². The van der Waals surface area contributed by atoms with Gasteiger partial charge in [0.2, 0.25) is 0 Å². The lowest BCUT2D eigenvalue weighted by Gasteiger charge is -2.04. The largest absolute Gasteiger partial charge is 0.453 e. The average molecular weight is 181 g/mol. The molecule has 0 atom stereocenters. The molecule has 0 bridgehead atoms. The Balaban J connectivity index is 2.71. The van der Waals surface area contributed by atoms with Gasteiger partial charge >= 0.3 is 6.09 Å². The van der Waals surface area contributed by atoms with E-state index >= 15 is 0 Å². The third kappa shape index (κ3) is 2.76. The third-order valence-corrected chi connectivity index (χ3v) is 1.54. The van der Waals surface area contributed by atoms with Gasteiger partial charge in [0.1, 0.15) is 0 Å². The van der Waals surface area contributed by atoms with E-state index in [1.165, 1.54) is 7.11 Å². The Morgan fingerprint density at radius 2 is 2.38 bits per heavy atom. The van der Waals surface area contributed by atoms with Crippen LogP contribution in [0.1, 0.15) is 5.56 Å². The maximum atomic E-state index is 10.8. The highest BCUT2D eigenvalue weighted by Gasteiger charge is 1.99. The SMILES string of the molecule is COC(=O)Nc1cccc(CO)c1. The number of carbonyl (C=O) groups is 1. The summed E-state index contributed by atoms with van der Waals surface area (Å²) >= 11 is 0. The number of carbonyl (C=O) groups excluding carboxylic acids is 1. The van der Waals surface area contributed by atoms with Gasteiger partial charge in [0.25, 0.3) is 0 Å².